The number of carbonyl (C=O) groups is 2. The van der Waals surface area contributed by atoms with Crippen LogP contribution < -0.4 is 10.6 Å². The van der Waals surface area contributed by atoms with E-state index in [0.717, 1.165) is 17.7 Å². The van der Waals surface area contributed by atoms with Crippen molar-refractivity contribution in [2.24, 2.45) is 0 Å². The van der Waals surface area contributed by atoms with Crippen LogP contribution in [0.3, 0.4) is 0 Å². The molecule has 7 nitrogen and oxygen atoms in total. The number of ether oxygens (including phenoxy) is 1. The molecule has 2 unspecified atom stereocenters. The number of anilines is 2. The Morgan fingerprint density at radius 3 is 2.52 bits per heavy atom. The molecule has 144 valence electrons. The first-order chi connectivity index (χ1) is 13.0. The fourth-order valence-corrected chi connectivity index (χ4v) is 2.47. The summed E-state index contributed by atoms with van der Waals surface area (Å²) in [5.41, 5.74) is 1.82. The van der Waals surface area contributed by atoms with E-state index in [2.05, 4.69) is 34.4 Å². The average molecular weight is 370 g/mol. The SMILES string of the molecule is CCC(C)c1ccccc1NC(=O)C(C)OC(=O)CCNc1ncccn1. The first kappa shape index (κ1) is 20.4. The number of nitrogens with one attached hydrogen (secondary N) is 2. The number of amides is 1. The number of hydrogen-bond acceptors (Lipinski definition) is 6. The van der Waals surface area contributed by atoms with Crippen LogP contribution in [0.5, 0.6) is 0 Å². The van der Waals surface area contributed by atoms with E-state index in [1.54, 1.807) is 25.4 Å². The first-order valence-electron chi connectivity index (χ1n) is 9.11. The van der Waals surface area contributed by atoms with Crippen LogP contribution >= 0.6 is 0 Å². The zero-order valence-electron chi connectivity index (χ0n) is 15.9. The standard InChI is InChI=1S/C20H26N4O3/c1-4-14(2)16-8-5-6-9-17(16)24-19(26)15(3)27-18(25)10-13-23-20-21-11-7-12-22-20/h5-9,11-12,14-15H,4,10,13H2,1-3H3,(H,24,26)(H,21,22,23). The van der Waals surface area contributed by atoms with Crippen molar-refractivity contribution in [2.45, 2.75) is 45.6 Å². The summed E-state index contributed by atoms with van der Waals surface area (Å²) in [5, 5.41) is 5.78. The van der Waals surface area contributed by atoms with Gasteiger partial charge in [-0.25, -0.2) is 9.97 Å². The molecule has 0 saturated carbocycles. The predicted molar refractivity (Wildman–Crippen MR) is 104 cm³/mol. The van der Waals surface area contributed by atoms with Gasteiger partial charge in [-0.2, -0.15) is 0 Å². The van der Waals surface area contributed by atoms with Gasteiger partial charge in [-0.15, -0.1) is 0 Å². The van der Waals surface area contributed by atoms with Gasteiger partial charge in [-0.05, 0) is 37.0 Å². The third-order valence-electron chi connectivity index (χ3n) is 4.22. The molecule has 1 heterocycles. The summed E-state index contributed by atoms with van der Waals surface area (Å²) in [4.78, 5) is 32.3. The average Bonchev–Trinajstić information content (AvgIpc) is 2.68. The minimum atomic E-state index is -0.879. The Balaban J connectivity index is 1.82. The maximum atomic E-state index is 12.4. The van der Waals surface area contributed by atoms with Gasteiger partial charge in [0.2, 0.25) is 5.95 Å². The Morgan fingerprint density at radius 1 is 1.11 bits per heavy atom. The lowest BCUT2D eigenvalue weighted by Crippen LogP contribution is -2.31. The molecule has 0 aliphatic rings. The minimum absolute atomic E-state index is 0.110. The molecule has 7 heteroatoms. The molecule has 27 heavy (non-hydrogen) atoms. The number of carbonyl (C=O) groups excluding carboxylic acids is 2. The maximum absolute atomic E-state index is 12.4. The summed E-state index contributed by atoms with van der Waals surface area (Å²) in [5.74, 6) is -0.0434. The second-order valence-corrected chi connectivity index (χ2v) is 6.27. The molecule has 0 bridgehead atoms. The third-order valence-corrected chi connectivity index (χ3v) is 4.22. The molecule has 2 aromatic rings. The predicted octanol–water partition coefficient (Wildman–Crippen LogP) is 3.36. The molecule has 0 aliphatic heterocycles. The number of rotatable bonds is 9. The number of aromatic nitrogens is 2. The number of esters is 1. The summed E-state index contributed by atoms with van der Waals surface area (Å²) in [6.45, 7) is 6.10. The molecular formula is C20H26N4O3. The molecule has 2 atom stereocenters. The summed E-state index contributed by atoms with van der Waals surface area (Å²) < 4.78 is 5.22. The number of hydrogen-bond donors (Lipinski definition) is 2. The van der Waals surface area contributed by atoms with Crippen molar-refractivity contribution in [1.29, 1.82) is 0 Å². The fraction of sp³-hybridized carbons (Fsp3) is 0.400. The highest BCUT2D eigenvalue weighted by Crippen LogP contribution is 2.26. The van der Waals surface area contributed by atoms with E-state index in [4.69, 9.17) is 4.74 Å². The quantitative estimate of drug-likeness (QED) is 0.658. The normalized spacial score (nSPS) is 12.7. The third kappa shape index (κ3) is 6.36. The summed E-state index contributed by atoms with van der Waals surface area (Å²) in [6.07, 6.45) is 3.42. The summed E-state index contributed by atoms with van der Waals surface area (Å²) in [7, 11) is 0. The van der Waals surface area contributed by atoms with Gasteiger partial charge in [0.15, 0.2) is 6.10 Å². The van der Waals surface area contributed by atoms with Gasteiger partial charge >= 0.3 is 5.97 Å². The lowest BCUT2D eigenvalue weighted by Gasteiger charge is -2.18. The highest BCUT2D eigenvalue weighted by Gasteiger charge is 2.19. The maximum Gasteiger partial charge on any atom is 0.308 e. The van der Waals surface area contributed by atoms with Crippen molar-refractivity contribution in [2.75, 3.05) is 17.2 Å². The second-order valence-electron chi connectivity index (χ2n) is 6.27. The molecule has 1 aromatic carbocycles. The van der Waals surface area contributed by atoms with Crippen LogP contribution in [0.4, 0.5) is 11.6 Å². The zero-order chi connectivity index (χ0) is 19.6. The zero-order valence-corrected chi connectivity index (χ0v) is 15.9. The number of nitrogens with zero attached hydrogens (tertiary/aromatic N) is 2. The molecule has 0 radical (unpaired) electrons. The van der Waals surface area contributed by atoms with Crippen LogP contribution in [0.1, 0.15) is 45.1 Å². The Kier molecular flexibility index (Phi) is 7.73. The second kappa shape index (κ2) is 10.3. The van der Waals surface area contributed by atoms with E-state index in [0.29, 0.717) is 18.4 Å². The smallest absolute Gasteiger partial charge is 0.308 e. The van der Waals surface area contributed by atoms with Gasteiger partial charge < -0.3 is 15.4 Å². The lowest BCUT2D eigenvalue weighted by molar-refractivity contribution is -0.152. The fourth-order valence-electron chi connectivity index (χ4n) is 2.47. The molecule has 2 N–H and O–H groups in total. The van der Waals surface area contributed by atoms with Gasteiger partial charge in [0.25, 0.3) is 5.91 Å². The van der Waals surface area contributed by atoms with Crippen molar-refractivity contribution in [1.82, 2.24) is 9.97 Å². The van der Waals surface area contributed by atoms with Crippen molar-refractivity contribution in [3.8, 4) is 0 Å². The molecule has 0 spiro atoms. The molecule has 0 fully saturated rings. The van der Waals surface area contributed by atoms with Gasteiger partial charge in [-0.1, -0.05) is 32.0 Å². The lowest BCUT2D eigenvalue weighted by atomic mass is 9.97. The molecule has 0 aliphatic carbocycles. The van der Waals surface area contributed by atoms with Gasteiger partial charge in [0.05, 0.1) is 6.42 Å². The molecule has 1 amide bonds. The van der Waals surface area contributed by atoms with Crippen LogP contribution in [0.15, 0.2) is 42.7 Å². The van der Waals surface area contributed by atoms with Crippen LogP contribution in [-0.4, -0.2) is 34.5 Å². The Bertz CT molecular complexity index is 752. The van der Waals surface area contributed by atoms with Crippen LogP contribution in [-0.2, 0) is 14.3 Å². The van der Waals surface area contributed by atoms with Crippen LogP contribution in [0.25, 0.3) is 0 Å². The topological polar surface area (TPSA) is 93.2 Å². The van der Waals surface area contributed by atoms with Gasteiger partial charge in [0.1, 0.15) is 0 Å². The largest absolute Gasteiger partial charge is 0.452 e. The molecule has 1 aromatic heterocycles. The van der Waals surface area contributed by atoms with Crippen LogP contribution in [0, 0.1) is 0 Å². The summed E-state index contributed by atoms with van der Waals surface area (Å²) in [6, 6.07) is 9.38. The highest BCUT2D eigenvalue weighted by atomic mass is 16.5. The first-order valence-corrected chi connectivity index (χ1v) is 9.11. The van der Waals surface area contributed by atoms with Crippen molar-refractivity contribution in [3.05, 3.63) is 48.3 Å². The highest BCUT2D eigenvalue weighted by molar-refractivity contribution is 5.95. The minimum Gasteiger partial charge on any atom is -0.452 e. The van der Waals surface area contributed by atoms with Crippen molar-refractivity contribution < 1.29 is 14.3 Å². The monoisotopic (exact) mass is 370 g/mol. The van der Waals surface area contributed by atoms with E-state index in [9.17, 15) is 9.59 Å². The van der Waals surface area contributed by atoms with Crippen molar-refractivity contribution >= 4 is 23.5 Å². The number of para-hydroxylation sites is 1. The van der Waals surface area contributed by atoms with E-state index in [-0.39, 0.29) is 12.3 Å². The van der Waals surface area contributed by atoms with E-state index < -0.39 is 12.1 Å². The Labute approximate surface area is 159 Å². The van der Waals surface area contributed by atoms with Gasteiger partial charge in [-0.3, -0.25) is 9.59 Å². The van der Waals surface area contributed by atoms with Gasteiger partial charge in [0, 0.05) is 24.6 Å². The molecule has 0 saturated heterocycles. The Hall–Kier alpha value is -2.96. The molecular weight excluding hydrogens is 344 g/mol. The van der Waals surface area contributed by atoms with E-state index >= 15 is 0 Å². The van der Waals surface area contributed by atoms with Crippen molar-refractivity contribution in [3.63, 3.8) is 0 Å². The number of benzene rings is 1. The summed E-state index contributed by atoms with van der Waals surface area (Å²) >= 11 is 0. The van der Waals surface area contributed by atoms with Crippen LogP contribution in [0.2, 0.25) is 0 Å². The molecule has 2 rings (SSSR count). The Morgan fingerprint density at radius 2 is 1.81 bits per heavy atom. The van der Waals surface area contributed by atoms with E-state index in [1.807, 2.05) is 24.3 Å². The van der Waals surface area contributed by atoms with E-state index in [1.165, 1.54) is 0 Å².